The first-order valence-corrected chi connectivity index (χ1v) is 7.69. The first kappa shape index (κ1) is 17.9. The van der Waals surface area contributed by atoms with Crippen LogP contribution < -0.4 is 5.32 Å². The summed E-state index contributed by atoms with van der Waals surface area (Å²) >= 11 is 3.51. The minimum atomic E-state index is 0. The first-order valence-electron chi connectivity index (χ1n) is 6.90. The minimum Gasteiger partial charge on any atom is -0.395 e. The van der Waals surface area contributed by atoms with Crippen LogP contribution in [0.15, 0.2) is 28.7 Å². The Balaban J connectivity index is 0.00000200. The number of aliphatic hydroxyl groups excluding tert-OH is 1. The Kier molecular flexibility index (Phi) is 7.48. The number of benzene rings is 1. The number of rotatable bonds is 6. The maximum Gasteiger partial charge on any atom is 0.0558 e. The number of hydrogen-bond acceptors (Lipinski definition) is 3. The summed E-state index contributed by atoms with van der Waals surface area (Å²) in [6.07, 6.45) is 1.22. The number of nitrogens with one attached hydrogen (secondary N) is 1. The van der Waals surface area contributed by atoms with Crippen LogP contribution in [-0.2, 0) is 6.54 Å². The van der Waals surface area contributed by atoms with Crippen molar-refractivity contribution in [3.8, 4) is 0 Å². The predicted molar refractivity (Wildman–Crippen MR) is 89.3 cm³/mol. The molecule has 1 aromatic rings. The molecule has 0 saturated carbocycles. The van der Waals surface area contributed by atoms with Gasteiger partial charge in [0.05, 0.1) is 6.61 Å². The molecule has 2 N–H and O–H groups in total. The predicted octanol–water partition coefficient (Wildman–Crippen LogP) is 2.66. The Morgan fingerprint density at radius 3 is 2.85 bits per heavy atom. The SMILES string of the molecule is CC1(CN(CCO)Cc2cccc(Br)c2)CCNC1.Cl. The minimum absolute atomic E-state index is 0. The van der Waals surface area contributed by atoms with E-state index in [2.05, 4.69) is 51.3 Å². The maximum absolute atomic E-state index is 9.26. The van der Waals surface area contributed by atoms with E-state index in [1.165, 1.54) is 12.0 Å². The van der Waals surface area contributed by atoms with E-state index in [1.54, 1.807) is 0 Å². The van der Waals surface area contributed by atoms with Gasteiger partial charge in [-0.2, -0.15) is 0 Å². The van der Waals surface area contributed by atoms with Crippen molar-refractivity contribution in [1.29, 1.82) is 0 Å². The molecular weight excluding hydrogens is 340 g/mol. The molecule has 1 unspecified atom stereocenters. The molecule has 1 saturated heterocycles. The topological polar surface area (TPSA) is 35.5 Å². The summed E-state index contributed by atoms with van der Waals surface area (Å²) in [4.78, 5) is 2.36. The van der Waals surface area contributed by atoms with Crippen LogP contribution in [0.5, 0.6) is 0 Å². The van der Waals surface area contributed by atoms with E-state index < -0.39 is 0 Å². The lowest BCUT2D eigenvalue weighted by atomic mass is 9.89. The quantitative estimate of drug-likeness (QED) is 0.815. The van der Waals surface area contributed by atoms with E-state index in [9.17, 15) is 5.11 Å². The summed E-state index contributed by atoms with van der Waals surface area (Å²) < 4.78 is 1.11. The molecule has 0 amide bonds. The molecule has 1 atom stereocenters. The van der Waals surface area contributed by atoms with E-state index in [4.69, 9.17) is 0 Å². The van der Waals surface area contributed by atoms with Gasteiger partial charge in [0.15, 0.2) is 0 Å². The molecule has 1 aliphatic heterocycles. The first-order chi connectivity index (χ1) is 9.11. The molecule has 114 valence electrons. The van der Waals surface area contributed by atoms with Gasteiger partial charge in [0, 0.05) is 30.7 Å². The smallest absolute Gasteiger partial charge is 0.0558 e. The highest BCUT2D eigenvalue weighted by Gasteiger charge is 2.30. The summed E-state index contributed by atoms with van der Waals surface area (Å²) in [6, 6.07) is 8.40. The van der Waals surface area contributed by atoms with Gasteiger partial charge >= 0.3 is 0 Å². The number of hydrogen-bond donors (Lipinski definition) is 2. The fraction of sp³-hybridized carbons (Fsp3) is 0.600. The van der Waals surface area contributed by atoms with Crippen molar-refractivity contribution in [3.63, 3.8) is 0 Å². The van der Waals surface area contributed by atoms with Gasteiger partial charge in [-0.25, -0.2) is 0 Å². The molecule has 1 fully saturated rings. The monoisotopic (exact) mass is 362 g/mol. The van der Waals surface area contributed by atoms with Crippen LogP contribution >= 0.6 is 28.3 Å². The zero-order chi connectivity index (χ0) is 13.7. The normalized spacial score (nSPS) is 22.0. The molecule has 1 heterocycles. The van der Waals surface area contributed by atoms with Crippen molar-refractivity contribution in [3.05, 3.63) is 34.3 Å². The van der Waals surface area contributed by atoms with Crippen LogP contribution in [0.1, 0.15) is 18.9 Å². The molecule has 0 bridgehead atoms. The van der Waals surface area contributed by atoms with Gasteiger partial charge in [-0.3, -0.25) is 4.90 Å². The van der Waals surface area contributed by atoms with Crippen molar-refractivity contribution < 1.29 is 5.11 Å². The van der Waals surface area contributed by atoms with Crippen LogP contribution in [-0.4, -0.2) is 42.8 Å². The Labute approximate surface area is 136 Å². The Bertz CT molecular complexity index is 411. The van der Waals surface area contributed by atoms with Crippen LogP contribution in [0.25, 0.3) is 0 Å². The van der Waals surface area contributed by atoms with Crippen LogP contribution in [0, 0.1) is 5.41 Å². The number of halogens is 2. The van der Waals surface area contributed by atoms with Crippen LogP contribution in [0.2, 0.25) is 0 Å². The average molecular weight is 364 g/mol. The van der Waals surface area contributed by atoms with Crippen molar-refractivity contribution >= 4 is 28.3 Å². The van der Waals surface area contributed by atoms with Gasteiger partial charge in [0.2, 0.25) is 0 Å². The molecule has 0 radical (unpaired) electrons. The van der Waals surface area contributed by atoms with Crippen molar-refractivity contribution in [2.24, 2.45) is 5.41 Å². The zero-order valence-corrected chi connectivity index (χ0v) is 14.3. The molecule has 1 aromatic carbocycles. The lowest BCUT2D eigenvalue weighted by Gasteiger charge is -2.31. The fourth-order valence-corrected chi connectivity index (χ4v) is 3.24. The third kappa shape index (κ3) is 5.34. The summed E-state index contributed by atoms with van der Waals surface area (Å²) in [5.74, 6) is 0. The Morgan fingerprint density at radius 1 is 1.45 bits per heavy atom. The molecule has 1 aliphatic rings. The van der Waals surface area contributed by atoms with E-state index in [0.29, 0.717) is 5.41 Å². The van der Waals surface area contributed by atoms with Crippen molar-refractivity contribution in [2.45, 2.75) is 19.9 Å². The van der Waals surface area contributed by atoms with E-state index in [1.807, 2.05) is 6.07 Å². The van der Waals surface area contributed by atoms with E-state index in [0.717, 1.165) is 37.2 Å². The summed E-state index contributed by atoms with van der Waals surface area (Å²) in [7, 11) is 0. The Hall–Kier alpha value is -0.130. The van der Waals surface area contributed by atoms with Gasteiger partial charge in [0.1, 0.15) is 0 Å². The largest absolute Gasteiger partial charge is 0.395 e. The van der Waals surface area contributed by atoms with Gasteiger partial charge in [-0.05, 0) is 36.1 Å². The summed E-state index contributed by atoms with van der Waals surface area (Å²) in [5.41, 5.74) is 1.62. The number of nitrogens with zero attached hydrogens (tertiary/aromatic N) is 1. The molecule has 0 spiro atoms. The lowest BCUT2D eigenvalue weighted by Crippen LogP contribution is -2.38. The Morgan fingerprint density at radius 2 is 2.25 bits per heavy atom. The molecule has 3 nitrogen and oxygen atoms in total. The summed E-state index contributed by atoms with van der Waals surface area (Å²) in [5, 5.41) is 12.7. The van der Waals surface area contributed by atoms with Crippen LogP contribution in [0.3, 0.4) is 0 Å². The third-order valence-corrected chi connectivity index (χ3v) is 4.27. The second-order valence-electron chi connectivity index (χ2n) is 5.80. The highest BCUT2D eigenvalue weighted by molar-refractivity contribution is 9.10. The average Bonchev–Trinajstić information content (AvgIpc) is 2.76. The lowest BCUT2D eigenvalue weighted by molar-refractivity contribution is 0.138. The molecule has 2 rings (SSSR count). The maximum atomic E-state index is 9.26. The highest BCUT2D eigenvalue weighted by Crippen LogP contribution is 2.26. The van der Waals surface area contributed by atoms with E-state index >= 15 is 0 Å². The van der Waals surface area contributed by atoms with E-state index in [-0.39, 0.29) is 19.0 Å². The van der Waals surface area contributed by atoms with Gasteiger partial charge in [0.25, 0.3) is 0 Å². The van der Waals surface area contributed by atoms with Crippen LogP contribution in [0.4, 0.5) is 0 Å². The van der Waals surface area contributed by atoms with Gasteiger partial charge < -0.3 is 10.4 Å². The highest BCUT2D eigenvalue weighted by atomic mass is 79.9. The third-order valence-electron chi connectivity index (χ3n) is 3.77. The summed E-state index contributed by atoms with van der Waals surface area (Å²) in [6.45, 7) is 7.41. The fourth-order valence-electron chi connectivity index (χ4n) is 2.79. The molecule has 20 heavy (non-hydrogen) atoms. The molecule has 0 aliphatic carbocycles. The van der Waals surface area contributed by atoms with Crippen molar-refractivity contribution in [2.75, 3.05) is 32.8 Å². The van der Waals surface area contributed by atoms with Gasteiger partial charge in [-0.1, -0.05) is 35.0 Å². The molecular formula is C15H24BrClN2O. The van der Waals surface area contributed by atoms with Crippen molar-refractivity contribution in [1.82, 2.24) is 10.2 Å². The number of aliphatic hydroxyl groups is 1. The van der Waals surface area contributed by atoms with Gasteiger partial charge in [-0.15, -0.1) is 12.4 Å². The second kappa shape index (κ2) is 8.35. The molecule has 5 heteroatoms. The standard InChI is InChI=1S/C15H23BrN2O.ClH/c1-15(5-6-17-11-15)12-18(7-8-19)10-13-3-2-4-14(16)9-13;/h2-4,9,17,19H,5-8,10-12H2,1H3;1H. The second-order valence-corrected chi connectivity index (χ2v) is 6.72. The zero-order valence-electron chi connectivity index (χ0n) is 11.9. The molecule has 0 aromatic heterocycles.